The minimum absolute atomic E-state index is 0.00971. The monoisotopic (exact) mass is 349 g/mol. The van der Waals surface area contributed by atoms with Crippen molar-refractivity contribution in [3.63, 3.8) is 0 Å². The van der Waals surface area contributed by atoms with Gasteiger partial charge in [0.05, 0.1) is 16.8 Å². The fourth-order valence-electron chi connectivity index (χ4n) is 2.96. The van der Waals surface area contributed by atoms with Crippen molar-refractivity contribution >= 4 is 16.8 Å². The Kier molecular flexibility index (Phi) is 5.58. The standard InChI is InChI=1S/C21H23N3O2/c1-14-7-8-19-17(11-14)18(21(26)23-15(2)5-4-10-25)12-20(24-19)16-6-3-9-22-13-16/h3,6-9,11-13,15,25H,4-5,10H2,1-2H3,(H,23,26). The van der Waals surface area contributed by atoms with Crippen LogP contribution < -0.4 is 5.32 Å². The van der Waals surface area contributed by atoms with Gasteiger partial charge in [-0.1, -0.05) is 11.6 Å². The van der Waals surface area contributed by atoms with Crippen LogP contribution >= 0.6 is 0 Å². The van der Waals surface area contributed by atoms with Crippen molar-refractivity contribution in [3.05, 3.63) is 59.9 Å². The molecule has 5 nitrogen and oxygen atoms in total. The molecule has 1 unspecified atom stereocenters. The molecule has 0 radical (unpaired) electrons. The number of aliphatic hydroxyl groups is 1. The molecule has 2 N–H and O–H groups in total. The van der Waals surface area contributed by atoms with Crippen LogP contribution in [-0.4, -0.2) is 33.6 Å². The molecule has 3 rings (SSSR count). The third-order valence-corrected chi connectivity index (χ3v) is 4.34. The molecule has 1 atom stereocenters. The Morgan fingerprint density at radius 3 is 2.85 bits per heavy atom. The predicted octanol–water partition coefficient (Wildman–Crippen LogP) is 3.50. The number of nitrogens with zero attached hydrogens (tertiary/aromatic N) is 2. The Bertz CT molecular complexity index is 910. The molecule has 0 saturated heterocycles. The van der Waals surface area contributed by atoms with E-state index in [4.69, 9.17) is 10.1 Å². The maximum atomic E-state index is 12.9. The fourth-order valence-corrected chi connectivity index (χ4v) is 2.96. The van der Waals surface area contributed by atoms with Crippen LogP contribution in [0.25, 0.3) is 22.2 Å². The molecule has 1 amide bonds. The molecular formula is C21H23N3O2. The smallest absolute Gasteiger partial charge is 0.252 e. The van der Waals surface area contributed by atoms with E-state index >= 15 is 0 Å². The van der Waals surface area contributed by atoms with Gasteiger partial charge >= 0.3 is 0 Å². The van der Waals surface area contributed by atoms with Crippen LogP contribution in [0.3, 0.4) is 0 Å². The van der Waals surface area contributed by atoms with Gasteiger partial charge in [0.1, 0.15) is 0 Å². The Balaban J connectivity index is 2.04. The first-order chi connectivity index (χ1) is 12.6. The highest BCUT2D eigenvalue weighted by atomic mass is 16.3. The summed E-state index contributed by atoms with van der Waals surface area (Å²) >= 11 is 0. The lowest BCUT2D eigenvalue weighted by Crippen LogP contribution is -2.32. The van der Waals surface area contributed by atoms with E-state index in [2.05, 4.69) is 10.3 Å². The molecule has 0 spiro atoms. The average Bonchev–Trinajstić information content (AvgIpc) is 2.66. The number of carbonyl (C=O) groups is 1. The van der Waals surface area contributed by atoms with Gasteiger partial charge in [-0.2, -0.15) is 0 Å². The van der Waals surface area contributed by atoms with Crippen molar-refractivity contribution in [1.29, 1.82) is 0 Å². The Hall–Kier alpha value is -2.79. The summed E-state index contributed by atoms with van der Waals surface area (Å²) in [5.74, 6) is -0.126. The van der Waals surface area contributed by atoms with Gasteiger partial charge in [-0.25, -0.2) is 4.98 Å². The second-order valence-electron chi connectivity index (χ2n) is 6.56. The summed E-state index contributed by atoms with van der Waals surface area (Å²) < 4.78 is 0. The molecule has 2 heterocycles. The maximum absolute atomic E-state index is 12.9. The van der Waals surface area contributed by atoms with E-state index in [9.17, 15) is 4.79 Å². The van der Waals surface area contributed by atoms with Crippen molar-refractivity contribution in [1.82, 2.24) is 15.3 Å². The van der Waals surface area contributed by atoms with Crippen LogP contribution in [0.5, 0.6) is 0 Å². The first-order valence-electron chi connectivity index (χ1n) is 8.82. The molecule has 0 bridgehead atoms. The number of benzene rings is 1. The quantitative estimate of drug-likeness (QED) is 0.714. The van der Waals surface area contributed by atoms with Crippen LogP contribution in [0.15, 0.2) is 48.8 Å². The van der Waals surface area contributed by atoms with Crippen molar-refractivity contribution in [2.75, 3.05) is 6.61 Å². The summed E-state index contributed by atoms with van der Waals surface area (Å²) in [5, 5.41) is 12.8. The Morgan fingerprint density at radius 2 is 2.12 bits per heavy atom. The Labute approximate surface area is 153 Å². The third-order valence-electron chi connectivity index (χ3n) is 4.34. The van der Waals surface area contributed by atoms with Crippen LogP contribution in [-0.2, 0) is 0 Å². The molecule has 0 saturated carbocycles. The summed E-state index contributed by atoms with van der Waals surface area (Å²) in [7, 11) is 0. The fraction of sp³-hybridized carbons (Fsp3) is 0.286. The number of amides is 1. The molecule has 134 valence electrons. The molecule has 2 aromatic heterocycles. The summed E-state index contributed by atoms with van der Waals surface area (Å²) in [5.41, 5.74) is 4.06. The number of pyridine rings is 2. The van der Waals surface area contributed by atoms with Gasteiger partial charge in [0, 0.05) is 36.0 Å². The number of aliphatic hydroxyl groups excluding tert-OH is 1. The van der Waals surface area contributed by atoms with Crippen molar-refractivity contribution < 1.29 is 9.90 Å². The number of aryl methyl sites for hydroxylation is 1. The van der Waals surface area contributed by atoms with E-state index in [0.717, 1.165) is 34.1 Å². The van der Waals surface area contributed by atoms with Crippen molar-refractivity contribution in [3.8, 4) is 11.3 Å². The zero-order valence-corrected chi connectivity index (χ0v) is 15.1. The second-order valence-corrected chi connectivity index (χ2v) is 6.56. The highest BCUT2D eigenvalue weighted by Crippen LogP contribution is 2.25. The van der Waals surface area contributed by atoms with Gasteiger partial charge in [-0.15, -0.1) is 0 Å². The van der Waals surface area contributed by atoms with Crippen LogP contribution in [0.1, 0.15) is 35.7 Å². The van der Waals surface area contributed by atoms with E-state index in [1.54, 1.807) is 12.4 Å². The van der Waals surface area contributed by atoms with Gasteiger partial charge in [-0.05, 0) is 57.0 Å². The van der Waals surface area contributed by atoms with Crippen LogP contribution in [0, 0.1) is 6.92 Å². The number of nitrogens with one attached hydrogen (secondary N) is 1. The molecule has 26 heavy (non-hydrogen) atoms. The van der Waals surface area contributed by atoms with E-state index in [-0.39, 0.29) is 18.6 Å². The molecule has 0 aliphatic carbocycles. The molecule has 1 aromatic carbocycles. The SMILES string of the molecule is Cc1ccc2nc(-c3cccnc3)cc(C(=O)NC(C)CCCO)c2c1. The van der Waals surface area contributed by atoms with Gasteiger partial charge in [0.25, 0.3) is 5.91 Å². The van der Waals surface area contributed by atoms with Crippen LogP contribution in [0.2, 0.25) is 0 Å². The molecular weight excluding hydrogens is 326 g/mol. The molecule has 5 heteroatoms. The second kappa shape index (κ2) is 8.06. The van der Waals surface area contributed by atoms with Crippen LogP contribution in [0.4, 0.5) is 0 Å². The van der Waals surface area contributed by atoms with E-state index in [1.165, 1.54) is 0 Å². The number of rotatable bonds is 6. The number of hydrogen-bond donors (Lipinski definition) is 2. The zero-order chi connectivity index (χ0) is 18.5. The van der Waals surface area contributed by atoms with Gasteiger partial charge in [0.2, 0.25) is 0 Å². The van der Waals surface area contributed by atoms with E-state index in [1.807, 2.05) is 50.2 Å². The summed E-state index contributed by atoms with van der Waals surface area (Å²) in [6.45, 7) is 4.08. The van der Waals surface area contributed by atoms with Crippen molar-refractivity contribution in [2.45, 2.75) is 32.7 Å². The number of fused-ring (bicyclic) bond motifs is 1. The predicted molar refractivity (Wildman–Crippen MR) is 103 cm³/mol. The lowest BCUT2D eigenvalue weighted by atomic mass is 10.0. The van der Waals surface area contributed by atoms with Crippen molar-refractivity contribution in [2.24, 2.45) is 0 Å². The topological polar surface area (TPSA) is 75.1 Å². The first-order valence-corrected chi connectivity index (χ1v) is 8.82. The normalized spacial score (nSPS) is 12.1. The summed E-state index contributed by atoms with van der Waals surface area (Å²) in [6.07, 6.45) is 4.86. The van der Waals surface area contributed by atoms with E-state index in [0.29, 0.717) is 12.0 Å². The molecule has 0 aliphatic rings. The van der Waals surface area contributed by atoms with Gasteiger partial charge < -0.3 is 10.4 Å². The van der Waals surface area contributed by atoms with Gasteiger partial charge in [-0.3, -0.25) is 9.78 Å². The minimum atomic E-state index is -0.126. The average molecular weight is 349 g/mol. The molecule has 0 fully saturated rings. The number of carbonyl (C=O) groups excluding carboxylic acids is 1. The zero-order valence-electron chi connectivity index (χ0n) is 15.1. The highest BCUT2D eigenvalue weighted by Gasteiger charge is 2.16. The lowest BCUT2D eigenvalue weighted by molar-refractivity contribution is 0.0938. The van der Waals surface area contributed by atoms with E-state index < -0.39 is 0 Å². The maximum Gasteiger partial charge on any atom is 0.252 e. The molecule has 3 aromatic rings. The molecule has 0 aliphatic heterocycles. The number of aromatic nitrogens is 2. The highest BCUT2D eigenvalue weighted by molar-refractivity contribution is 6.07. The summed E-state index contributed by atoms with van der Waals surface area (Å²) in [4.78, 5) is 21.8. The Morgan fingerprint density at radius 1 is 1.27 bits per heavy atom. The van der Waals surface area contributed by atoms with Gasteiger partial charge in [0.15, 0.2) is 0 Å². The third kappa shape index (κ3) is 4.06. The lowest BCUT2D eigenvalue weighted by Gasteiger charge is -2.15. The summed E-state index contributed by atoms with van der Waals surface area (Å²) in [6, 6.07) is 11.5. The minimum Gasteiger partial charge on any atom is -0.396 e. The first kappa shape index (κ1) is 18.0. The largest absolute Gasteiger partial charge is 0.396 e. The number of hydrogen-bond acceptors (Lipinski definition) is 4.